The molecule has 2 heterocycles. The number of benzene rings is 1. The number of anilines is 1. The van der Waals surface area contributed by atoms with Crippen molar-refractivity contribution in [1.29, 1.82) is 0 Å². The van der Waals surface area contributed by atoms with E-state index in [1.165, 1.54) is 0 Å². The zero-order valence-corrected chi connectivity index (χ0v) is 13.5. The highest BCUT2D eigenvalue weighted by molar-refractivity contribution is 6.30. The van der Waals surface area contributed by atoms with Crippen molar-refractivity contribution in [3.05, 3.63) is 23.8 Å². The Morgan fingerprint density at radius 2 is 2.00 bits per heavy atom. The first-order valence-electron chi connectivity index (χ1n) is 7.66. The van der Waals surface area contributed by atoms with E-state index in [2.05, 4.69) is 17.0 Å². The van der Waals surface area contributed by atoms with Crippen molar-refractivity contribution in [2.75, 3.05) is 44.4 Å². The number of fused-ring (bicyclic) bond motifs is 1. The first-order chi connectivity index (χ1) is 10.6. The zero-order valence-electron chi connectivity index (χ0n) is 12.8. The van der Waals surface area contributed by atoms with Crippen LogP contribution in [0.25, 0.3) is 0 Å². The molecular formula is C16H21ClN2O3. The maximum atomic E-state index is 12.2. The van der Waals surface area contributed by atoms with Gasteiger partial charge in [0.15, 0.2) is 0 Å². The van der Waals surface area contributed by atoms with Gasteiger partial charge in [-0.3, -0.25) is 4.79 Å². The Bertz CT molecular complexity index is 544. The largest absolute Gasteiger partial charge is 0.491 e. The molecule has 120 valence electrons. The second kappa shape index (κ2) is 6.75. The van der Waals surface area contributed by atoms with E-state index in [1.807, 2.05) is 6.07 Å². The average Bonchev–Trinajstić information content (AvgIpc) is 2.76. The lowest BCUT2D eigenvalue weighted by atomic mass is 10.1. The summed E-state index contributed by atoms with van der Waals surface area (Å²) in [5.41, 5.74) is 2.19. The van der Waals surface area contributed by atoms with Gasteiger partial charge < -0.3 is 19.3 Å². The van der Waals surface area contributed by atoms with Crippen molar-refractivity contribution in [2.24, 2.45) is 0 Å². The molecule has 1 aromatic carbocycles. The third-order valence-corrected chi connectivity index (χ3v) is 4.24. The van der Waals surface area contributed by atoms with E-state index in [-0.39, 0.29) is 5.91 Å². The first kappa shape index (κ1) is 15.4. The fraction of sp³-hybridized carbons (Fsp3) is 0.562. The molecule has 0 aromatic heterocycles. The fourth-order valence-corrected chi connectivity index (χ4v) is 2.98. The number of halogens is 1. The van der Waals surface area contributed by atoms with Crippen LogP contribution in [0.4, 0.5) is 5.69 Å². The summed E-state index contributed by atoms with van der Waals surface area (Å²) in [6.07, 6.45) is 0. The van der Waals surface area contributed by atoms with Crippen molar-refractivity contribution in [2.45, 2.75) is 18.8 Å². The number of alkyl halides is 1. The van der Waals surface area contributed by atoms with E-state index >= 15 is 0 Å². The van der Waals surface area contributed by atoms with Gasteiger partial charge in [-0.25, -0.2) is 0 Å². The number of amides is 1. The third-order valence-electron chi connectivity index (χ3n) is 4.05. The predicted octanol–water partition coefficient (Wildman–Crippen LogP) is 1.87. The fourth-order valence-electron chi connectivity index (χ4n) is 2.84. The molecule has 1 amide bonds. The van der Waals surface area contributed by atoms with Crippen LogP contribution in [0.1, 0.15) is 12.5 Å². The summed E-state index contributed by atoms with van der Waals surface area (Å²) in [5, 5.41) is -0.510. The van der Waals surface area contributed by atoms with Gasteiger partial charge >= 0.3 is 0 Å². The summed E-state index contributed by atoms with van der Waals surface area (Å²) in [6, 6.07) is 6.19. The van der Waals surface area contributed by atoms with E-state index in [1.54, 1.807) is 11.8 Å². The van der Waals surface area contributed by atoms with Crippen LogP contribution in [-0.4, -0.2) is 55.6 Å². The van der Waals surface area contributed by atoms with Gasteiger partial charge in [0, 0.05) is 30.9 Å². The van der Waals surface area contributed by atoms with Crippen LogP contribution in [0.15, 0.2) is 18.2 Å². The van der Waals surface area contributed by atoms with Gasteiger partial charge in [0.2, 0.25) is 5.91 Å². The Labute approximate surface area is 135 Å². The monoisotopic (exact) mass is 324 g/mol. The van der Waals surface area contributed by atoms with E-state index in [0.29, 0.717) is 19.7 Å². The molecule has 0 aliphatic carbocycles. The second-order valence-electron chi connectivity index (χ2n) is 5.62. The van der Waals surface area contributed by atoms with Gasteiger partial charge in [0.25, 0.3) is 0 Å². The summed E-state index contributed by atoms with van der Waals surface area (Å²) in [6.45, 7) is 6.60. The Morgan fingerprint density at radius 1 is 1.23 bits per heavy atom. The molecule has 5 nitrogen and oxygen atoms in total. The van der Waals surface area contributed by atoms with Gasteiger partial charge in [-0.1, -0.05) is 0 Å². The van der Waals surface area contributed by atoms with Gasteiger partial charge in [-0.05, 0) is 25.1 Å². The highest BCUT2D eigenvalue weighted by atomic mass is 35.5. The van der Waals surface area contributed by atoms with Gasteiger partial charge in [-0.2, -0.15) is 0 Å². The minimum absolute atomic E-state index is 0.0464. The standard InChI is InChI=1S/C16H21ClN2O3/c1-12(17)16(20)19-6-9-22-15-3-2-14(10-13(15)11-19)18-4-7-21-8-5-18/h2-3,10,12H,4-9,11H2,1H3. The quantitative estimate of drug-likeness (QED) is 0.779. The number of hydrogen-bond donors (Lipinski definition) is 0. The number of rotatable bonds is 2. The lowest BCUT2D eigenvalue weighted by Crippen LogP contribution is -2.37. The van der Waals surface area contributed by atoms with Crippen molar-refractivity contribution in [3.63, 3.8) is 0 Å². The van der Waals surface area contributed by atoms with Crippen molar-refractivity contribution >= 4 is 23.2 Å². The van der Waals surface area contributed by atoms with Crippen LogP contribution < -0.4 is 9.64 Å². The SMILES string of the molecule is CC(Cl)C(=O)N1CCOc2ccc(N3CCOCC3)cc2C1. The highest BCUT2D eigenvalue weighted by Crippen LogP contribution is 2.29. The minimum atomic E-state index is -0.510. The second-order valence-corrected chi connectivity index (χ2v) is 6.27. The molecule has 0 N–H and O–H groups in total. The van der Waals surface area contributed by atoms with Crippen molar-refractivity contribution in [1.82, 2.24) is 4.90 Å². The molecular weight excluding hydrogens is 304 g/mol. The Balaban J connectivity index is 1.82. The van der Waals surface area contributed by atoms with Gasteiger partial charge in [0.05, 0.1) is 19.8 Å². The Morgan fingerprint density at radius 3 is 2.73 bits per heavy atom. The molecule has 2 aliphatic heterocycles. The maximum absolute atomic E-state index is 12.2. The number of morpholine rings is 1. The van der Waals surface area contributed by atoms with Gasteiger partial charge in [-0.15, -0.1) is 11.6 Å². The molecule has 6 heteroatoms. The van der Waals surface area contributed by atoms with Crippen LogP contribution in [0.2, 0.25) is 0 Å². The zero-order chi connectivity index (χ0) is 15.5. The topological polar surface area (TPSA) is 42.0 Å². The van der Waals surface area contributed by atoms with Crippen LogP contribution in [0.5, 0.6) is 5.75 Å². The van der Waals surface area contributed by atoms with Crippen LogP contribution in [0, 0.1) is 0 Å². The van der Waals surface area contributed by atoms with E-state index in [9.17, 15) is 4.79 Å². The molecule has 0 saturated carbocycles. The van der Waals surface area contributed by atoms with Gasteiger partial charge in [0.1, 0.15) is 17.7 Å². The highest BCUT2D eigenvalue weighted by Gasteiger charge is 2.23. The summed E-state index contributed by atoms with van der Waals surface area (Å²) in [4.78, 5) is 16.2. The average molecular weight is 325 g/mol. The van der Waals surface area contributed by atoms with Crippen molar-refractivity contribution < 1.29 is 14.3 Å². The summed E-state index contributed by atoms with van der Waals surface area (Å²) < 4.78 is 11.2. The molecule has 1 atom stereocenters. The van der Waals surface area contributed by atoms with E-state index in [0.717, 1.165) is 43.3 Å². The summed E-state index contributed by atoms with van der Waals surface area (Å²) >= 11 is 5.94. The summed E-state index contributed by atoms with van der Waals surface area (Å²) in [7, 11) is 0. The molecule has 1 aromatic rings. The Kier molecular flexibility index (Phi) is 4.74. The smallest absolute Gasteiger partial charge is 0.240 e. The predicted molar refractivity (Wildman–Crippen MR) is 85.7 cm³/mol. The lowest BCUT2D eigenvalue weighted by molar-refractivity contribution is -0.131. The number of carbonyl (C=O) groups excluding carboxylic acids is 1. The van der Waals surface area contributed by atoms with Crippen LogP contribution >= 0.6 is 11.6 Å². The van der Waals surface area contributed by atoms with Crippen LogP contribution in [0.3, 0.4) is 0 Å². The molecule has 0 spiro atoms. The number of carbonyl (C=O) groups is 1. The number of ether oxygens (including phenoxy) is 2. The van der Waals surface area contributed by atoms with E-state index in [4.69, 9.17) is 21.1 Å². The third kappa shape index (κ3) is 3.31. The van der Waals surface area contributed by atoms with E-state index < -0.39 is 5.38 Å². The minimum Gasteiger partial charge on any atom is -0.491 e. The lowest BCUT2D eigenvalue weighted by Gasteiger charge is -2.29. The number of hydrogen-bond acceptors (Lipinski definition) is 4. The first-order valence-corrected chi connectivity index (χ1v) is 8.10. The molecule has 22 heavy (non-hydrogen) atoms. The normalized spacial score (nSPS) is 19.9. The molecule has 0 radical (unpaired) electrons. The van der Waals surface area contributed by atoms with Crippen LogP contribution in [-0.2, 0) is 16.1 Å². The molecule has 0 bridgehead atoms. The molecule has 1 saturated heterocycles. The number of nitrogens with zero attached hydrogens (tertiary/aromatic N) is 2. The maximum Gasteiger partial charge on any atom is 0.240 e. The molecule has 1 unspecified atom stereocenters. The summed E-state index contributed by atoms with van der Waals surface area (Å²) in [5.74, 6) is 0.810. The Hall–Kier alpha value is -1.46. The van der Waals surface area contributed by atoms with Crippen molar-refractivity contribution in [3.8, 4) is 5.75 Å². The molecule has 1 fully saturated rings. The molecule has 3 rings (SSSR count). The molecule has 2 aliphatic rings.